The number of rotatable bonds is 0. The lowest BCUT2D eigenvalue weighted by atomic mass is 10.1. The number of carbonyl (C=O) groups is 1. The Balaban J connectivity index is 2.52. The van der Waals surface area contributed by atoms with E-state index in [0.717, 1.165) is 16.5 Å². The minimum atomic E-state index is -0.162. The van der Waals surface area contributed by atoms with Gasteiger partial charge in [-0.2, -0.15) is 5.10 Å². The average molecular weight is 185 g/mol. The van der Waals surface area contributed by atoms with Crippen LogP contribution in [-0.4, -0.2) is 17.1 Å². The highest BCUT2D eigenvalue weighted by Gasteiger charge is 2.15. The molecule has 0 unspecified atom stereocenters. The smallest absolute Gasteiger partial charge is 0.272 e. The standard InChI is InChI=1S/C10H7N3O/c14-10-7-2-1-3-8-9(7)6(4-11-8)5-12-13-10/h1-5,11H,(H,13,14). The Labute approximate surface area is 79.6 Å². The van der Waals surface area contributed by atoms with Gasteiger partial charge in [-0.25, -0.2) is 5.43 Å². The van der Waals surface area contributed by atoms with Crippen molar-refractivity contribution in [2.24, 2.45) is 5.10 Å². The van der Waals surface area contributed by atoms with Crippen LogP contribution in [-0.2, 0) is 0 Å². The number of H-pyrrole nitrogens is 1. The molecule has 1 aromatic heterocycles. The van der Waals surface area contributed by atoms with Crippen LogP contribution >= 0.6 is 0 Å². The molecule has 4 heteroatoms. The minimum absolute atomic E-state index is 0.162. The number of hydrogen-bond acceptors (Lipinski definition) is 2. The van der Waals surface area contributed by atoms with Gasteiger partial charge in [0.05, 0.1) is 11.8 Å². The second kappa shape index (κ2) is 2.45. The summed E-state index contributed by atoms with van der Waals surface area (Å²) in [6, 6.07) is 5.58. The highest BCUT2D eigenvalue weighted by Crippen LogP contribution is 2.22. The van der Waals surface area contributed by atoms with Crippen molar-refractivity contribution in [1.29, 1.82) is 0 Å². The Morgan fingerprint density at radius 1 is 1.29 bits per heavy atom. The SMILES string of the molecule is O=C1NN=Cc2c[nH]c3cccc1c23. The first kappa shape index (κ1) is 7.32. The van der Waals surface area contributed by atoms with Gasteiger partial charge in [0.2, 0.25) is 0 Å². The Kier molecular flexibility index (Phi) is 1.28. The molecule has 68 valence electrons. The normalized spacial score (nSPS) is 14.1. The summed E-state index contributed by atoms with van der Waals surface area (Å²) in [7, 11) is 0. The number of hydrogen-bond donors (Lipinski definition) is 2. The van der Waals surface area contributed by atoms with Crippen LogP contribution < -0.4 is 5.43 Å². The summed E-state index contributed by atoms with van der Waals surface area (Å²) in [5.41, 5.74) is 5.02. The largest absolute Gasteiger partial charge is 0.360 e. The van der Waals surface area contributed by atoms with E-state index in [1.165, 1.54) is 0 Å². The van der Waals surface area contributed by atoms with Crippen molar-refractivity contribution >= 4 is 23.0 Å². The number of aromatic nitrogens is 1. The monoisotopic (exact) mass is 185 g/mol. The second-order valence-electron chi connectivity index (χ2n) is 3.17. The zero-order valence-corrected chi connectivity index (χ0v) is 7.24. The summed E-state index contributed by atoms with van der Waals surface area (Å²) in [5, 5.41) is 4.76. The van der Waals surface area contributed by atoms with Gasteiger partial charge in [-0.3, -0.25) is 4.79 Å². The molecule has 1 amide bonds. The van der Waals surface area contributed by atoms with Crippen LogP contribution in [0.25, 0.3) is 10.9 Å². The molecule has 2 aromatic rings. The number of benzene rings is 1. The Morgan fingerprint density at radius 3 is 3.14 bits per heavy atom. The third-order valence-corrected chi connectivity index (χ3v) is 2.35. The van der Waals surface area contributed by atoms with Gasteiger partial charge in [0.15, 0.2) is 0 Å². The summed E-state index contributed by atoms with van der Waals surface area (Å²) in [5.74, 6) is -0.162. The highest BCUT2D eigenvalue weighted by atomic mass is 16.2. The molecule has 1 aliphatic heterocycles. The average Bonchev–Trinajstić information content (AvgIpc) is 2.53. The maximum atomic E-state index is 11.6. The van der Waals surface area contributed by atoms with Gasteiger partial charge < -0.3 is 4.98 Å². The molecule has 2 N–H and O–H groups in total. The van der Waals surface area contributed by atoms with Crippen molar-refractivity contribution in [3.05, 3.63) is 35.5 Å². The van der Waals surface area contributed by atoms with E-state index in [0.29, 0.717) is 5.56 Å². The number of aromatic amines is 1. The zero-order valence-electron chi connectivity index (χ0n) is 7.24. The fourth-order valence-corrected chi connectivity index (χ4v) is 1.72. The van der Waals surface area contributed by atoms with E-state index in [-0.39, 0.29) is 5.91 Å². The first-order valence-corrected chi connectivity index (χ1v) is 4.30. The summed E-state index contributed by atoms with van der Waals surface area (Å²) < 4.78 is 0. The number of amides is 1. The molecule has 0 fully saturated rings. The van der Waals surface area contributed by atoms with Crippen LogP contribution in [0, 0.1) is 0 Å². The van der Waals surface area contributed by atoms with Gasteiger partial charge in [0.25, 0.3) is 5.91 Å². The van der Waals surface area contributed by atoms with Crippen LogP contribution in [0.15, 0.2) is 29.5 Å². The van der Waals surface area contributed by atoms with Gasteiger partial charge in [-0.05, 0) is 12.1 Å². The summed E-state index contributed by atoms with van der Waals surface area (Å²) in [6.07, 6.45) is 3.49. The van der Waals surface area contributed by atoms with Crippen LogP contribution in [0.3, 0.4) is 0 Å². The van der Waals surface area contributed by atoms with Crippen molar-refractivity contribution in [2.45, 2.75) is 0 Å². The maximum absolute atomic E-state index is 11.6. The van der Waals surface area contributed by atoms with Crippen molar-refractivity contribution < 1.29 is 4.79 Å². The van der Waals surface area contributed by atoms with E-state index < -0.39 is 0 Å². The fraction of sp³-hybridized carbons (Fsp3) is 0. The Hall–Kier alpha value is -2.10. The lowest BCUT2D eigenvalue weighted by Gasteiger charge is -1.98. The number of nitrogens with zero attached hydrogens (tertiary/aromatic N) is 1. The molecule has 0 saturated heterocycles. The van der Waals surface area contributed by atoms with Gasteiger partial charge in [0.1, 0.15) is 0 Å². The number of nitrogens with one attached hydrogen (secondary N) is 2. The molecule has 0 radical (unpaired) electrons. The first-order valence-electron chi connectivity index (χ1n) is 4.30. The molecule has 0 aliphatic carbocycles. The van der Waals surface area contributed by atoms with E-state index in [4.69, 9.17) is 0 Å². The number of carbonyl (C=O) groups excluding carboxylic acids is 1. The van der Waals surface area contributed by atoms with Crippen LogP contribution in [0.4, 0.5) is 0 Å². The third-order valence-electron chi connectivity index (χ3n) is 2.35. The van der Waals surface area contributed by atoms with Gasteiger partial charge in [-0.1, -0.05) is 6.07 Å². The summed E-state index contributed by atoms with van der Waals surface area (Å²) in [4.78, 5) is 14.6. The highest BCUT2D eigenvalue weighted by molar-refractivity contribution is 6.13. The van der Waals surface area contributed by atoms with Crippen LogP contribution in [0.5, 0.6) is 0 Å². The maximum Gasteiger partial charge on any atom is 0.272 e. The molecule has 0 bridgehead atoms. The fourth-order valence-electron chi connectivity index (χ4n) is 1.72. The van der Waals surface area contributed by atoms with Crippen molar-refractivity contribution in [3.8, 4) is 0 Å². The first-order chi connectivity index (χ1) is 6.86. The van der Waals surface area contributed by atoms with Crippen molar-refractivity contribution in [1.82, 2.24) is 10.4 Å². The lowest BCUT2D eigenvalue weighted by molar-refractivity contribution is 0.0957. The molecular weight excluding hydrogens is 178 g/mol. The molecule has 14 heavy (non-hydrogen) atoms. The van der Waals surface area contributed by atoms with Crippen molar-refractivity contribution in [3.63, 3.8) is 0 Å². The molecule has 1 aliphatic rings. The van der Waals surface area contributed by atoms with Crippen LogP contribution in [0.2, 0.25) is 0 Å². The predicted octanol–water partition coefficient (Wildman–Crippen LogP) is 1.25. The van der Waals surface area contributed by atoms with E-state index in [2.05, 4.69) is 15.5 Å². The van der Waals surface area contributed by atoms with Crippen molar-refractivity contribution in [2.75, 3.05) is 0 Å². The van der Waals surface area contributed by atoms with E-state index in [9.17, 15) is 4.79 Å². The summed E-state index contributed by atoms with van der Waals surface area (Å²) >= 11 is 0. The zero-order chi connectivity index (χ0) is 9.54. The van der Waals surface area contributed by atoms with E-state index in [1.54, 1.807) is 12.3 Å². The summed E-state index contributed by atoms with van der Waals surface area (Å²) in [6.45, 7) is 0. The Bertz CT molecular complexity index is 553. The molecule has 1 aromatic carbocycles. The molecule has 0 spiro atoms. The van der Waals surface area contributed by atoms with E-state index in [1.807, 2.05) is 18.3 Å². The molecular formula is C10H7N3O. The van der Waals surface area contributed by atoms with E-state index >= 15 is 0 Å². The lowest BCUT2D eigenvalue weighted by Crippen LogP contribution is -2.16. The van der Waals surface area contributed by atoms with Crippen LogP contribution in [0.1, 0.15) is 15.9 Å². The third kappa shape index (κ3) is 0.821. The topological polar surface area (TPSA) is 57.2 Å². The number of hydrazone groups is 1. The van der Waals surface area contributed by atoms with Gasteiger partial charge in [-0.15, -0.1) is 0 Å². The van der Waals surface area contributed by atoms with Gasteiger partial charge in [0, 0.05) is 22.7 Å². The molecule has 2 heterocycles. The molecule has 3 rings (SSSR count). The quantitative estimate of drug-likeness (QED) is 0.637. The molecule has 0 atom stereocenters. The molecule has 4 nitrogen and oxygen atoms in total. The Morgan fingerprint density at radius 2 is 2.21 bits per heavy atom. The molecule has 0 saturated carbocycles. The predicted molar refractivity (Wildman–Crippen MR) is 53.4 cm³/mol. The van der Waals surface area contributed by atoms with Gasteiger partial charge >= 0.3 is 0 Å². The minimum Gasteiger partial charge on any atom is -0.360 e. The second-order valence-corrected chi connectivity index (χ2v) is 3.17.